The van der Waals surface area contributed by atoms with E-state index >= 15 is 0 Å². The number of aromatic nitrogens is 1. The van der Waals surface area contributed by atoms with Crippen LogP contribution in [0, 0.1) is 5.92 Å². The molecule has 0 unspecified atom stereocenters. The zero-order valence-electron chi connectivity index (χ0n) is 14.9. The molecular formula is C20H27N3OS. The standard InChI is InChI=1S/C20H27N3OS/c1-22(10-17-3-2-7-21-9-17)11-18-4-6-20(24-13-18)15-23(16-20)12-19-5-8-25-14-19/h2-3,5,7-9,14,18H,4,6,10-13,15-16H2,1H3/t18-/m0/s1. The second-order valence-electron chi connectivity index (χ2n) is 7.73. The minimum absolute atomic E-state index is 0.147. The van der Waals surface area contributed by atoms with E-state index in [1.807, 2.05) is 18.5 Å². The van der Waals surface area contributed by atoms with Gasteiger partial charge in [-0.25, -0.2) is 0 Å². The molecule has 2 aliphatic heterocycles. The van der Waals surface area contributed by atoms with Gasteiger partial charge >= 0.3 is 0 Å². The smallest absolute Gasteiger partial charge is 0.0935 e. The van der Waals surface area contributed by atoms with E-state index in [0.29, 0.717) is 5.92 Å². The molecule has 25 heavy (non-hydrogen) atoms. The van der Waals surface area contributed by atoms with Gasteiger partial charge in [0.05, 0.1) is 12.2 Å². The second kappa shape index (κ2) is 7.54. The summed E-state index contributed by atoms with van der Waals surface area (Å²) in [5, 5.41) is 4.41. The summed E-state index contributed by atoms with van der Waals surface area (Å²) in [5.41, 5.74) is 2.86. The molecule has 0 amide bonds. The van der Waals surface area contributed by atoms with Gasteiger partial charge in [-0.05, 0) is 59.8 Å². The molecule has 4 heterocycles. The van der Waals surface area contributed by atoms with Gasteiger partial charge in [0.1, 0.15) is 0 Å². The van der Waals surface area contributed by atoms with Crippen LogP contribution in [0.25, 0.3) is 0 Å². The Labute approximate surface area is 154 Å². The highest BCUT2D eigenvalue weighted by molar-refractivity contribution is 7.07. The molecule has 1 atom stereocenters. The Balaban J connectivity index is 1.19. The topological polar surface area (TPSA) is 28.6 Å². The quantitative estimate of drug-likeness (QED) is 0.793. The maximum absolute atomic E-state index is 6.34. The van der Waals surface area contributed by atoms with Gasteiger partial charge < -0.3 is 9.64 Å². The van der Waals surface area contributed by atoms with Gasteiger partial charge in [0, 0.05) is 45.1 Å². The fraction of sp³-hybridized carbons (Fsp3) is 0.550. The number of hydrogen-bond donors (Lipinski definition) is 0. The lowest BCUT2D eigenvalue weighted by Gasteiger charge is -2.53. The number of nitrogens with zero attached hydrogens (tertiary/aromatic N) is 3. The third-order valence-corrected chi connectivity index (χ3v) is 6.12. The molecule has 1 spiro atoms. The lowest BCUT2D eigenvalue weighted by Crippen LogP contribution is -2.64. The van der Waals surface area contributed by atoms with Crippen LogP contribution in [0.4, 0.5) is 0 Å². The third-order valence-electron chi connectivity index (χ3n) is 5.39. The number of thiophene rings is 1. The van der Waals surface area contributed by atoms with E-state index < -0.39 is 0 Å². The van der Waals surface area contributed by atoms with Crippen molar-refractivity contribution in [2.24, 2.45) is 5.92 Å². The Morgan fingerprint density at radius 2 is 2.28 bits per heavy atom. The summed E-state index contributed by atoms with van der Waals surface area (Å²) in [6.45, 7) is 6.24. The molecule has 134 valence electrons. The molecule has 2 aromatic heterocycles. The van der Waals surface area contributed by atoms with Crippen molar-refractivity contribution in [3.8, 4) is 0 Å². The molecule has 0 saturated carbocycles. The average molecular weight is 358 g/mol. The van der Waals surface area contributed by atoms with Crippen LogP contribution in [0.5, 0.6) is 0 Å². The molecule has 4 rings (SSSR count). The van der Waals surface area contributed by atoms with Gasteiger partial charge in [-0.2, -0.15) is 11.3 Å². The lowest BCUT2D eigenvalue weighted by atomic mass is 9.82. The Bertz CT molecular complexity index is 645. The summed E-state index contributed by atoms with van der Waals surface area (Å²) in [4.78, 5) is 9.11. The lowest BCUT2D eigenvalue weighted by molar-refractivity contribution is -0.183. The SMILES string of the molecule is CN(Cc1cccnc1)C[C@@H]1CCC2(CN(Cc3ccsc3)C2)OC1. The van der Waals surface area contributed by atoms with Gasteiger partial charge in [-0.15, -0.1) is 0 Å². The van der Waals surface area contributed by atoms with Crippen molar-refractivity contribution >= 4 is 11.3 Å². The van der Waals surface area contributed by atoms with Crippen LogP contribution >= 0.6 is 11.3 Å². The van der Waals surface area contributed by atoms with Crippen molar-refractivity contribution in [2.75, 3.05) is 33.3 Å². The van der Waals surface area contributed by atoms with E-state index in [1.165, 1.54) is 24.0 Å². The van der Waals surface area contributed by atoms with Crippen molar-refractivity contribution in [2.45, 2.75) is 31.5 Å². The minimum atomic E-state index is 0.147. The van der Waals surface area contributed by atoms with E-state index in [9.17, 15) is 0 Å². The molecule has 2 saturated heterocycles. The summed E-state index contributed by atoms with van der Waals surface area (Å²) in [5.74, 6) is 0.651. The fourth-order valence-corrected chi connectivity index (χ4v) is 4.80. The maximum Gasteiger partial charge on any atom is 0.0935 e. The van der Waals surface area contributed by atoms with Gasteiger partial charge in [0.2, 0.25) is 0 Å². The van der Waals surface area contributed by atoms with Crippen LogP contribution in [0.2, 0.25) is 0 Å². The first-order valence-corrected chi connectivity index (χ1v) is 10.1. The number of likely N-dealkylation sites (tertiary alicyclic amines) is 1. The van der Waals surface area contributed by atoms with Crippen molar-refractivity contribution in [3.05, 3.63) is 52.5 Å². The summed E-state index contributed by atoms with van der Waals surface area (Å²) in [6, 6.07) is 6.38. The van der Waals surface area contributed by atoms with Crippen molar-refractivity contribution in [3.63, 3.8) is 0 Å². The van der Waals surface area contributed by atoms with Crippen molar-refractivity contribution in [1.29, 1.82) is 0 Å². The number of rotatable bonds is 6. The van der Waals surface area contributed by atoms with Crippen LogP contribution < -0.4 is 0 Å². The zero-order valence-corrected chi connectivity index (χ0v) is 15.8. The van der Waals surface area contributed by atoms with E-state index in [0.717, 1.165) is 39.3 Å². The number of ether oxygens (including phenoxy) is 1. The highest BCUT2D eigenvalue weighted by atomic mass is 32.1. The molecule has 0 radical (unpaired) electrons. The first kappa shape index (κ1) is 17.2. The van der Waals surface area contributed by atoms with Crippen molar-refractivity contribution < 1.29 is 4.74 Å². The summed E-state index contributed by atoms with van der Waals surface area (Å²) >= 11 is 1.78. The Hall–Kier alpha value is -1.27. The predicted octanol–water partition coefficient (Wildman–Crippen LogP) is 3.26. The summed E-state index contributed by atoms with van der Waals surface area (Å²) in [6.07, 6.45) is 6.28. The first-order chi connectivity index (χ1) is 12.2. The van der Waals surface area contributed by atoms with Gasteiger partial charge in [-0.3, -0.25) is 9.88 Å². The van der Waals surface area contributed by atoms with Crippen molar-refractivity contribution in [1.82, 2.24) is 14.8 Å². The third kappa shape index (κ3) is 4.29. The molecule has 2 aromatic rings. The van der Waals surface area contributed by atoms with E-state index in [2.05, 4.69) is 44.7 Å². The first-order valence-electron chi connectivity index (χ1n) is 9.16. The highest BCUT2D eigenvalue weighted by Crippen LogP contribution is 2.37. The largest absolute Gasteiger partial charge is 0.372 e. The van der Waals surface area contributed by atoms with E-state index in [4.69, 9.17) is 4.74 Å². The molecule has 4 nitrogen and oxygen atoms in total. The zero-order chi connectivity index (χ0) is 17.1. The highest BCUT2D eigenvalue weighted by Gasteiger charge is 2.46. The molecule has 0 aliphatic carbocycles. The minimum Gasteiger partial charge on any atom is -0.372 e. The monoisotopic (exact) mass is 357 g/mol. The van der Waals surface area contributed by atoms with E-state index in [-0.39, 0.29) is 5.60 Å². The Morgan fingerprint density at radius 1 is 1.36 bits per heavy atom. The van der Waals surface area contributed by atoms with Gasteiger partial charge in [0.25, 0.3) is 0 Å². The molecule has 2 fully saturated rings. The summed E-state index contributed by atoms with van der Waals surface area (Å²) < 4.78 is 6.34. The van der Waals surface area contributed by atoms with Crippen LogP contribution in [0.3, 0.4) is 0 Å². The Kier molecular flexibility index (Phi) is 5.17. The van der Waals surface area contributed by atoms with Gasteiger partial charge in [0.15, 0.2) is 0 Å². The predicted molar refractivity (Wildman–Crippen MR) is 102 cm³/mol. The Morgan fingerprint density at radius 3 is 2.96 bits per heavy atom. The summed E-state index contributed by atoms with van der Waals surface area (Å²) in [7, 11) is 2.20. The average Bonchev–Trinajstić information content (AvgIpc) is 3.09. The molecule has 0 aromatic carbocycles. The van der Waals surface area contributed by atoms with Crippen LogP contribution in [0.15, 0.2) is 41.4 Å². The molecule has 2 aliphatic rings. The second-order valence-corrected chi connectivity index (χ2v) is 8.51. The molecular weight excluding hydrogens is 330 g/mol. The number of hydrogen-bond acceptors (Lipinski definition) is 5. The van der Waals surface area contributed by atoms with Gasteiger partial charge in [-0.1, -0.05) is 6.07 Å². The molecule has 0 bridgehead atoms. The molecule has 5 heteroatoms. The fourth-order valence-electron chi connectivity index (χ4n) is 4.14. The normalized spacial score (nSPS) is 23.0. The number of pyridine rings is 1. The van der Waals surface area contributed by atoms with E-state index in [1.54, 1.807) is 11.3 Å². The maximum atomic E-state index is 6.34. The van der Waals surface area contributed by atoms with Crippen LogP contribution in [-0.2, 0) is 17.8 Å². The van der Waals surface area contributed by atoms with Crippen LogP contribution in [0.1, 0.15) is 24.0 Å². The molecule has 0 N–H and O–H groups in total. The van der Waals surface area contributed by atoms with Crippen LogP contribution in [-0.4, -0.2) is 53.7 Å².